The molecule has 3 aliphatic heterocycles. The van der Waals surface area contributed by atoms with Gasteiger partial charge in [-0.2, -0.15) is 0 Å². The predicted octanol–water partition coefficient (Wildman–Crippen LogP) is 5.44. The fourth-order valence-electron chi connectivity index (χ4n) is 8.60. The van der Waals surface area contributed by atoms with Crippen molar-refractivity contribution in [3.05, 3.63) is 116 Å². The highest BCUT2D eigenvalue weighted by molar-refractivity contribution is 6.01. The van der Waals surface area contributed by atoms with Gasteiger partial charge in [-0.3, -0.25) is 34.3 Å². The Kier molecular flexibility index (Phi) is 13.1. The highest BCUT2D eigenvalue weighted by Gasteiger charge is 2.27. The third-order valence-corrected chi connectivity index (χ3v) is 11.9. The summed E-state index contributed by atoms with van der Waals surface area (Å²) >= 11 is 0. The van der Waals surface area contributed by atoms with Crippen LogP contribution in [0.25, 0.3) is 11.1 Å². The standard InChI is InChI=1S/C46H57N7O5/c1-5-53(38-15-21-58-22-16-38)42-26-36(25-39(32(42)4)44(55)47-27-40-30(2)23-31(3)48-45(40)56)35-11-9-33(10-12-35)28-51-17-19-52(20-18-51)29-34-7-6-8-37(24-34)49-41-13-14-43(54)50-46(41)57/h6-12,23-26,38,41,49H,5,13-22,27-29H2,1-4H3,(H,47,55)(H,48,56)(H,50,54,57). The Balaban J connectivity index is 1.01. The summed E-state index contributed by atoms with van der Waals surface area (Å²) in [6.45, 7) is 15.9. The first-order valence-electron chi connectivity index (χ1n) is 20.7. The summed E-state index contributed by atoms with van der Waals surface area (Å²) < 4.78 is 5.70. The number of anilines is 2. The van der Waals surface area contributed by atoms with Crippen LogP contribution in [0.3, 0.4) is 0 Å². The number of nitrogens with zero attached hydrogens (tertiary/aromatic N) is 3. The molecule has 0 radical (unpaired) electrons. The molecular formula is C46H57N7O5. The van der Waals surface area contributed by atoms with E-state index in [4.69, 9.17) is 4.74 Å². The molecule has 3 amide bonds. The first-order valence-corrected chi connectivity index (χ1v) is 20.7. The number of nitrogens with one attached hydrogen (secondary N) is 4. The number of ether oxygens (including phenoxy) is 1. The number of pyridine rings is 1. The Hall–Kier alpha value is -5.30. The summed E-state index contributed by atoms with van der Waals surface area (Å²) in [7, 11) is 0. The van der Waals surface area contributed by atoms with Crippen LogP contribution in [0, 0.1) is 20.8 Å². The number of piperidine rings is 1. The zero-order valence-electron chi connectivity index (χ0n) is 34.3. The average molecular weight is 788 g/mol. The molecule has 0 aliphatic carbocycles. The van der Waals surface area contributed by atoms with Crippen LogP contribution in [0.15, 0.2) is 71.5 Å². The molecule has 3 fully saturated rings. The molecule has 4 heterocycles. The Labute approximate surface area is 341 Å². The van der Waals surface area contributed by atoms with Gasteiger partial charge in [-0.25, -0.2) is 0 Å². The Morgan fingerprint density at radius 3 is 2.22 bits per heavy atom. The van der Waals surface area contributed by atoms with E-state index in [-0.39, 0.29) is 29.8 Å². The number of aromatic nitrogens is 1. The van der Waals surface area contributed by atoms with Crippen molar-refractivity contribution in [2.24, 2.45) is 0 Å². The van der Waals surface area contributed by atoms with Crippen LogP contribution >= 0.6 is 0 Å². The molecule has 7 rings (SSSR count). The number of carbonyl (C=O) groups excluding carboxylic acids is 3. The van der Waals surface area contributed by atoms with E-state index in [0.29, 0.717) is 30.0 Å². The van der Waals surface area contributed by atoms with Gasteiger partial charge >= 0.3 is 0 Å². The molecule has 1 atom stereocenters. The lowest BCUT2D eigenvalue weighted by Gasteiger charge is -2.37. The predicted molar refractivity (Wildman–Crippen MR) is 228 cm³/mol. The van der Waals surface area contributed by atoms with Gasteiger partial charge in [0.25, 0.3) is 11.5 Å². The van der Waals surface area contributed by atoms with Gasteiger partial charge in [-0.15, -0.1) is 0 Å². The maximum Gasteiger partial charge on any atom is 0.253 e. The topological polar surface area (TPSA) is 139 Å². The van der Waals surface area contributed by atoms with Crippen LogP contribution < -0.4 is 26.4 Å². The van der Waals surface area contributed by atoms with Crippen molar-refractivity contribution >= 4 is 29.1 Å². The fourth-order valence-corrected chi connectivity index (χ4v) is 8.60. The van der Waals surface area contributed by atoms with Crippen molar-refractivity contribution < 1.29 is 19.1 Å². The van der Waals surface area contributed by atoms with Crippen LogP contribution in [0.4, 0.5) is 11.4 Å². The number of hydrogen-bond donors (Lipinski definition) is 4. The number of aryl methyl sites for hydroxylation is 2. The molecule has 58 heavy (non-hydrogen) atoms. The van der Waals surface area contributed by atoms with Gasteiger partial charge in [-0.1, -0.05) is 36.4 Å². The summed E-state index contributed by atoms with van der Waals surface area (Å²) in [5.41, 5.74) is 9.99. The molecule has 1 aromatic heterocycles. The van der Waals surface area contributed by atoms with E-state index in [0.717, 1.165) is 111 Å². The van der Waals surface area contributed by atoms with Crippen molar-refractivity contribution in [1.82, 2.24) is 25.4 Å². The fraction of sp³-hybridized carbons (Fsp3) is 0.435. The lowest BCUT2D eigenvalue weighted by molar-refractivity contribution is -0.133. The number of imide groups is 1. The molecule has 3 aliphatic rings. The molecular weight excluding hydrogens is 731 g/mol. The van der Waals surface area contributed by atoms with Crippen LogP contribution in [0.5, 0.6) is 0 Å². The summed E-state index contributed by atoms with van der Waals surface area (Å²) in [6.07, 6.45) is 2.73. The summed E-state index contributed by atoms with van der Waals surface area (Å²) in [6, 6.07) is 23.0. The van der Waals surface area contributed by atoms with E-state index in [1.54, 1.807) is 0 Å². The quantitative estimate of drug-likeness (QED) is 0.131. The maximum absolute atomic E-state index is 14.0. The van der Waals surface area contributed by atoms with E-state index in [1.165, 1.54) is 11.1 Å². The minimum Gasteiger partial charge on any atom is -0.381 e. The second-order valence-corrected chi connectivity index (χ2v) is 16.0. The summed E-state index contributed by atoms with van der Waals surface area (Å²) in [4.78, 5) is 60.7. The van der Waals surface area contributed by atoms with Gasteiger partial charge < -0.3 is 25.3 Å². The van der Waals surface area contributed by atoms with Gasteiger partial charge in [-0.05, 0) is 111 Å². The van der Waals surface area contributed by atoms with E-state index < -0.39 is 6.04 Å². The van der Waals surface area contributed by atoms with Crippen molar-refractivity contribution in [2.45, 2.75) is 85.1 Å². The number of hydrogen-bond acceptors (Lipinski definition) is 9. The van der Waals surface area contributed by atoms with Gasteiger partial charge in [0, 0.05) is 106 Å². The molecule has 1 unspecified atom stereocenters. The zero-order valence-corrected chi connectivity index (χ0v) is 34.3. The molecule has 306 valence electrons. The van der Waals surface area contributed by atoms with E-state index in [9.17, 15) is 19.2 Å². The zero-order chi connectivity index (χ0) is 40.8. The Bertz CT molecular complexity index is 2170. The minimum absolute atomic E-state index is 0.150. The van der Waals surface area contributed by atoms with Gasteiger partial charge in [0.2, 0.25) is 11.8 Å². The lowest BCUT2D eigenvalue weighted by atomic mass is 9.94. The maximum atomic E-state index is 14.0. The largest absolute Gasteiger partial charge is 0.381 e. The molecule has 0 saturated carbocycles. The average Bonchev–Trinajstić information content (AvgIpc) is 3.21. The highest BCUT2D eigenvalue weighted by Crippen LogP contribution is 2.34. The SMILES string of the molecule is CCN(c1cc(-c2ccc(CN3CCN(Cc4cccc(NC5CCC(=O)NC5=O)c4)CC3)cc2)cc(C(=O)NCc2c(C)cc(C)[nH]c2=O)c1C)C1CCOCC1. The van der Waals surface area contributed by atoms with Gasteiger partial charge in [0.05, 0.1) is 0 Å². The first-order chi connectivity index (χ1) is 28.0. The van der Waals surface area contributed by atoms with Crippen molar-refractivity contribution in [3.63, 3.8) is 0 Å². The molecule has 4 aromatic rings. The molecule has 0 spiro atoms. The smallest absolute Gasteiger partial charge is 0.253 e. The number of carbonyl (C=O) groups is 3. The van der Waals surface area contributed by atoms with E-state index >= 15 is 0 Å². The molecule has 3 aromatic carbocycles. The number of aromatic amines is 1. The molecule has 4 N–H and O–H groups in total. The molecule has 12 nitrogen and oxygen atoms in total. The lowest BCUT2D eigenvalue weighted by Crippen LogP contribution is -2.47. The molecule has 3 saturated heterocycles. The Morgan fingerprint density at radius 2 is 1.55 bits per heavy atom. The summed E-state index contributed by atoms with van der Waals surface area (Å²) in [5, 5.41) is 8.78. The monoisotopic (exact) mass is 787 g/mol. The third-order valence-electron chi connectivity index (χ3n) is 11.9. The van der Waals surface area contributed by atoms with Crippen molar-refractivity contribution in [1.29, 1.82) is 0 Å². The molecule has 12 heteroatoms. The van der Waals surface area contributed by atoms with Crippen molar-refractivity contribution in [2.75, 3.05) is 56.2 Å². The van der Waals surface area contributed by atoms with Crippen LogP contribution in [-0.4, -0.2) is 90.5 Å². The van der Waals surface area contributed by atoms with Crippen LogP contribution in [0.2, 0.25) is 0 Å². The number of H-pyrrole nitrogens is 1. The minimum atomic E-state index is -0.398. The number of benzene rings is 3. The first kappa shape index (κ1) is 40.9. The highest BCUT2D eigenvalue weighted by atomic mass is 16.5. The second-order valence-electron chi connectivity index (χ2n) is 16.0. The number of rotatable bonds is 13. The van der Waals surface area contributed by atoms with Gasteiger partial charge in [0.15, 0.2) is 0 Å². The third kappa shape index (κ3) is 9.86. The number of piperazine rings is 1. The van der Waals surface area contributed by atoms with Crippen LogP contribution in [-0.2, 0) is 34.0 Å². The molecule has 0 bridgehead atoms. The Morgan fingerprint density at radius 1 is 0.845 bits per heavy atom. The van der Waals surface area contributed by atoms with Crippen molar-refractivity contribution in [3.8, 4) is 11.1 Å². The van der Waals surface area contributed by atoms with E-state index in [2.05, 4.69) is 85.0 Å². The van der Waals surface area contributed by atoms with E-state index in [1.807, 2.05) is 45.0 Å². The normalized spacial score (nSPS) is 18.2. The van der Waals surface area contributed by atoms with Gasteiger partial charge in [0.1, 0.15) is 6.04 Å². The summed E-state index contributed by atoms with van der Waals surface area (Å²) in [5.74, 6) is -0.674. The van der Waals surface area contributed by atoms with Crippen LogP contribution in [0.1, 0.15) is 76.5 Å². The second kappa shape index (κ2) is 18.5. The number of amides is 3.